The van der Waals surface area contributed by atoms with Crippen molar-refractivity contribution in [1.29, 1.82) is 0 Å². The van der Waals surface area contributed by atoms with Crippen LogP contribution in [0.15, 0.2) is 60.8 Å². The van der Waals surface area contributed by atoms with Gasteiger partial charge in [0, 0.05) is 11.9 Å². The van der Waals surface area contributed by atoms with Crippen LogP contribution in [0.25, 0.3) is 16.9 Å². The highest BCUT2D eigenvalue weighted by Crippen LogP contribution is 2.29. The number of aryl methyl sites for hydroxylation is 1. The topological polar surface area (TPSA) is 39.1 Å². The maximum absolute atomic E-state index is 13.2. The molecule has 1 heterocycles. The summed E-state index contributed by atoms with van der Waals surface area (Å²) in [6.45, 7) is 2.08. The van der Waals surface area contributed by atoms with Crippen molar-refractivity contribution in [2.45, 2.75) is 19.1 Å². The molecule has 0 aliphatic rings. The van der Waals surface area contributed by atoms with Gasteiger partial charge in [-0.2, -0.15) is 0 Å². The highest BCUT2D eigenvalue weighted by atomic mass is 32.2. The smallest absolute Gasteiger partial charge is 0.144 e. The molecule has 24 heavy (non-hydrogen) atoms. The molecule has 0 amide bonds. The second-order valence-corrected chi connectivity index (χ2v) is 6.56. The predicted molar refractivity (Wildman–Crippen MR) is 94.6 cm³/mol. The summed E-state index contributed by atoms with van der Waals surface area (Å²) >= 11 is 0. The van der Waals surface area contributed by atoms with Crippen molar-refractivity contribution >= 4 is 10.7 Å². The van der Waals surface area contributed by atoms with Gasteiger partial charge in [0.1, 0.15) is 16.5 Å². The number of rotatable bonds is 5. The Morgan fingerprint density at radius 2 is 1.62 bits per heavy atom. The van der Waals surface area contributed by atoms with Crippen LogP contribution in [0.2, 0.25) is 0 Å². The monoisotopic (exact) mass is 343 g/mol. The molecular weight excluding hydrogens is 325 g/mol. The van der Waals surface area contributed by atoms with E-state index in [1.165, 1.54) is 17.7 Å². The van der Waals surface area contributed by atoms with Crippen LogP contribution in [-0.2, 0) is 22.9 Å². The number of halogens is 1. The molecule has 0 saturated carbocycles. The van der Waals surface area contributed by atoms with Crippen molar-refractivity contribution in [2.24, 2.45) is 0 Å². The zero-order chi connectivity index (χ0) is 17.1. The van der Waals surface area contributed by atoms with E-state index in [1.807, 2.05) is 35.0 Å². The van der Waals surface area contributed by atoms with Gasteiger partial charge in [0.2, 0.25) is 0 Å². The Bertz CT molecular complexity index is 902. The lowest BCUT2D eigenvalue weighted by Crippen LogP contribution is -1.98. The molecule has 0 radical (unpaired) electrons. The number of nitrogens with zero attached hydrogens (tertiary/aromatic N) is 1. The Kier molecular flexibility index (Phi) is 4.81. The standard InChI is InChI=1S/C19H18FNO2S/c1-2-15-11-12-21(19(15)16-5-7-17(20)8-6-16)18-9-3-14(4-10-18)13-24(22)23/h3-12,24H,2,13H2,1H3. The van der Waals surface area contributed by atoms with Crippen LogP contribution >= 0.6 is 0 Å². The van der Waals surface area contributed by atoms with Gasteiger partial charge in [0.15, 0.2) is 0 Å². The van der Waals surface area contributed by atoms with Crippen LogP contribution < -0.4 is 0 Å². The number of hydrogen-bond donors (Lipinski definition) is 1. The molecule has 0 spiro atoms. The van der Waals surface area contributed by atoms with Crippen molar-refractivity contribution in [1.82, 2.24) is 4.57 Å². The Balaban J connectivity index is 2.05. The van der Waals surface area contributed by atoms with E-state index < -0.39 is 10.7 Å². The third-order valence-corrected chi connectivity index (χ3v) is 4.62. The molecule has 0 fully saturated rings. The highest BCUT2D eigenvalue weighted by molar-refractivity contribution is 7.71. The van der Waals surface area contributed by atoms with Gasteiger partial charge in [-0.15, -0.1) is 0 Å². The number of thiol groups is 1. The zero-order valence-electron chi connectivity index (χ0n) is 13.3. The summed E-state index contributed by atoms with van der Waals surface area (Å²) in [6, 6.07) is 16.0. The Morgan fingerprint density at radius 3 is 2.21 bits per heavy atom. The van der Waals surface area contributed by atoms with Gasteiger partial charge in [0.25, 0.3) is 0 Å². The molecule has 1 aromatic heterocycles. The van der Waals surface area contributed by atoms with Crippen molar-refractivity contribution in [2.75, 3.05) is 0 Å². The first-order valence-corrected chi connectivity index (χ1v) is 9.12. The summed E-state index contributed by atoms with van der Waals surface area (Å²) < 4.78 is 36.9. The van der Waals surface area contributed by atoms with E-state index in [-0.39, 0.29) is 11.6 Å². The van der Waals surface area contributed by atoms with Gasteiger partial charge in [-0.25, -0.2) is 12.8 Å². The van der Waals surface area contributed by atoms with Gasteiger partial charge >= 0.3 is 0 Å². The number of aromatic nitrogens is 1. The molecule has 0 bridgehead atoms. The average Bonchev–Trinajstić information content (AvgIpc) is 3.00. The minimum Gasteiger partial charge on any atom is -0.316 e. The summed E-state index contributed by atoms with van der Waals surface area (Å²) in [6.07, 6.45) is 2.86. The van der Waals surface area contributed by atoms with Gasteiger partial charge in [0.05, 0.1) is 11.4 Å². The van der Waals surface area contributed by atoms with E-state index in [0.29, 0.717) is 0 Å². The van der Waals surface area contributed by atoms with Gasteiger partial charge in [-0.1, -0.05) is 19.1 Å². The Morgan fingerprint density at radius 1 is 0.958 bits per heavy atom. The SMILES string of the molecule is CCc1ccn(-c2ccc(C[SH](=O)=O)cc2)c1-c1ccc(F)cc1. The first kappa shape index (κ1) is 16.5. The van der Waals surface area contributed by atoms with Crippen molar-refractivity contribution in [3.63, 3.8) is 0 Å². The fourth-order valence-electron chi connectivity index (χ4n) is 2.82. The molecule has 2 aromatic carbocycles. The van der Waals surface area contributed by atoms with E-state index in [2.05, 4.69) is 13.0 Å². The fraction of sp³-hybridized carbons (Fsp3) is 0.158. The maximum Gasteiger partial charge on any atom is 0.144 e. The van der Waals surface area contributed by atoms with Crippen molar-refractivity contribution in [3.8, 4) is 16.9 Å². The summed E-state index contributed by atoms with van der Waals surface area (Å²) in [5.74, 6) is -0.210. The molecule has 3 nitrogen and oxygen atoms in total. The van der Waals surface area contributed by atoms with Crippen LogP contribution in [0.4, 0.5) is 4.39 Å². The molecule has 124 valence electrons. The summed E-state index contributed by atoms with van der Waals surface area (Å²) in [5, 5.41) is 0. The van der Waals surface area contributed by atoms with E-state index in [9.17, 15) is 12.8 Å². The van der Waals surface area contributed by atoms with Crippen LogP contribution in [0.3, 0.4) is 0 Å². The van der Waals surface area contributed by atoms with Crippen molar-refractivity contribution < 1.29 is 12.8 Å². The second-order valence-electron chi connectivity index (χ2n) is 5.58. The van der Waals surface area contributed by atoms with Crippen LogP contribution in [-0.4, -0.2) is 13.0 Å². The lowest BCUT2D eigenvalue weighted by atomic mass is 10.1. The molecule has 0 atom stereocenters. The lowest BCUT2D eigenvalue weighted by Gasteiger charge is -2.12. The Hall–Kier alpha value is -2.40. The van der Waals surface area contributed by atoms with E-state index in [0.717, 1.165) is 28.9 Å². The molecule has 5 heteroatoms. The summed E-state index contributed by atoms with van der Waals surface area (Å²) in [7, 11) is -2.43. The molecule has 0 aliphatic carbocycles. The zero-order valence-corrected chi connectivity index (χ0v) is 14.2. The van der Waals surface area contributed by atoms with Crippen LogP contribution in [0.1, 0.15) is 18.1 Å². The third-order valence-electron chi connectivity index (χ3n) is 3.99. The third kappa shape index (κ3) is 3.41. The number of hydrogen-bond acceptors (Lipinski definition) is 2. The summed E-state index contributed by atoms with van der Waals surface area (Å²) in [5.41, 5.74) is 4.86. The maximum atomic E-state index is 13.2. The van der Waals surface area contributed by atoms with Gasteiger partial charge < -0.3 is 4.57 Å². The molecule has 3 rings (SSSR count). The Labute approximate surface area is 142 Å². The van der Waals surface area contributed by atoms with Crippen LogP contribution in [0.5, 0.6) is 0 Å². The number of benzene rings is 2. The van der Waals surface area contributed by atoms with E-state index >= 15 is 0 Å². The molecule has 0 N–H and O–H groups in total. The predicted octanol–water partition coefficient (Wildman–Crippen LogP) is 3.96. The minimum absolute atomic E-state index is 0.0479. The molecule has 3 aromatic rings. The fourth-order valence-corrected chi connectivity index (χ4v) is 3.33. The molecule has 0 aliphatic heterocycles. The van der Waals surface area contributed by atoms with Gasteiger partial charge in [-0.05, 0) is 65.6 Å². The highest BCUT2D eigenvalue weighted by Gasteiger charge is 2.12. The van der Waals surface area contributed by atoms with Gasteiger partial charge in [-0.3, -0.25) is 0 Å². The summed E-state index contributed by atoms with van der Waals surface area (Å²) in [4.78, 5) is 0. The largest absolute Gasteiger partial charge is 0.316 e. The lowest BCUT2D eigenvalue weighted by molar-refractivity contribution is 0.614. The first-order chi connectivity index (χ1) is 11.6. The van der Waals surface area contributed by atoms with E-state index in [4.69, 9.17) is 0 Å². The molecular formula is C19H18FNO2S. The molecule has 0 unspecified atom stereocenters. The average molecular weight is 343 g/mol. The second kappa shape index (κ2) is 7.01. The van der Waals surface area contributed by atoms with Crippen LogP contribution in [0, 0.1) is 5.82 Å². The molecule has 0 saturated heterocycles. The quantitative estimate of drug-likeness (QED) is 0.712. The first-order valence-electron chi connectivity index (χ1n) is 7.75. The minimum atomic E-state index is -2.43. The van der Waals surface area contributed by atoms with E-state index in [1.54, 1.807) is 12.1 Å². The normalized spacial score (nSPS) is 11.1. The van der Waals surface area contributed by atoms with Crippen molar-refractivity contribution in [3.05, 3.63) is 77.7 Å².